The van der Waals surface area contributed by atoms with Gasteiger partial charge < -0.3 is 10.0 Å². The van der Waals surface area contributed by atoms with E-state index in [0.29, 0.717) is 12.2 Å². The normalized spacial score (nSPS) is 10.2. The Balaban J connectivity index is 2.17. The summed E-state index contributed by atoms with van der Waals surface area (Å²) < 4.78 is 0. The highest BCUT2D eigenvalue weighted by Crippen LogP contribution is 2.21. The molecule has 0 saturated heterocycles. The Labute approximate surface area is 127 Å². The van der Waals surface area contributed by atoms with Crippen LogP contribution in [-0.4, -0.2) is 36.1 Å². The minimum absolute atomic E-state index is 0.109. The highest BCUT2D eigenvalue weighted by molar-refractivity contribution is 7.09. The van der Waals surface area contributed by atoms with Gasteiger partial charge in [0.25, 0.3) is 0 Å². The van der Waals surface area contributed by atoms with Crippen molar-refractivity contribution in [2.75, 3.05) is 19.0 Å². The molecule has 1 aromatic heterocycles. The summed E-state index contributed by atoms with van der Waals surface area (Å²) in [5, 5.41) is 11.1. The summed E-state index contributed by atoms with van der Waals surface area (Å²) in [6, 6.07) is 10.1. The summed E-state index contributed by atoms with van der Waals surface area (Å²) in [6.07, 6.45) is 0. The molecule has 0 fully saturated rings. The number of thiophene rings is 1. The third kappa shape index (κ3) is 3.41. The van der Waals surface area contributed by atoms with Crippen LogP contribution in [0.5, 0.6) is 0 Å². The van der Waals surface area contributed by atoms with Crippen molar-refractivity contribution in [3.05, 3.63) is 52.2 Å². The van der Waals surface area contributed by atoms with Crippen molar-refractivity contribution in [2.45, 2.75) is 6.54 Å². The SMILES string of the molecule is CN(Cc1cccs1)C(=O)N(C)c1ccccc1C(=O)O. The fourth-order valence-corrected chi connectivity index (χ4v) is 2.77. The zero-order chi connectivity index (χ0) is 15.4. The molecule has 0 aliphatic rings. The van der Waals surface area contributed by atoms with Crippen molar-refractivity contribution in [1.29, 1.82) is 0 Å². The molecule has 0 atom stereocenters. The van der Waals surface area contributed by atoms with Crippen molar-refractivity contribution in [3.8, 4) is 0 Å². The predicted octanol–water partition coefficient (Wildman–Crippen LogP) is 3.13. The summed E-state index contributed by atoms with van der Waals surface area (Å²) in [5.74, 6) is -1.05. The fraction of sp³-hybridized carbons (Fsp3) is 0.200. The third-order valence-corrected chi connectivity index (χ3v) is 3.94. The molecule has 6 heteroatoms. The van der Waals surface area contributed by atoms with Crippen LogP contribution in [0.25, 0.3) is 0 Å². The number of carboxylic acid groups (broad SMARTS) is 1. The Kier molecular flexibility index (Phi) is 4.59. The molecule has 1 aromatic carbocycles. The van der Waals surface area contributed by atoms with Gasteiger partial charge in [-0.1, -0.05) is 18.2 Å². The Morgan fingerprint density at radius 1 is 1.14 bits per heavy atom. The van der Waals surface area contributed by atoms with Crippen LogP contribution in [0.2, 0.25) is 0 Å². The summed E-state index contributed by atoms with van der Waals surface area (Å²) >= 11 is 1.58. The fourth-order valence-electron chi connectivity index (χ4n) is 2.01. The smallest absolute Gasteiger partial charge is 0.337 e. The number of benzene rings is 1. The highest BCUT2D eigenvalue weighted by atomic mass is 32.1. The van der Waals surface area contributed by atoms with E-state index in [4.69, 9.17) is 0 Å². The molecular weight excluding hydrogens is 288 g/mol. The van der Waals surface area contributed by atoms with Gasteiger partial charge in [-0.05, 0) is 23.6 Å². The quantitative estimate of drug-likeness (QED) is 0.944. The number of carbonyl (C=O) groups excluding carboxylic acids is 1. The first-order chi connectivity index (χ1) is 10.0. The van der Waals surface area contributed by atoms with E-state index in [9.17, 15) is 14.7 Å². The van der Waals surface area contributed by atoms with Crippen LogP contribution in [0.3, 0.4) is 0 Å². The second kappa shape index (κ2) is 6.41. The molecule has 0 spiro atoms. The second-order valence-electron chi connectivity index (χ2n) is 4.60. The van der Waals surface area contributed by atoms with Crippen LogP contribution < -0.4 is 4.90 Å². The number of hydrogen-bond donors (Lipinski definition) is 1. The molecule has 0 bridgehead atoms. The van der Waals surface area contributed by atoms with Crippen LogP contribution in [0, 0.1) is 0 Å². The number of para-hydroxylation sites is 1. The Morgan fingerprint density at radius 3 is 2.48 bits per heavy atom. The topological polar surface area (TPSA) is 60.9 Å². The van der Waals surface area contributed by atoms with E-state index in [1.54, 1.807) is 48.5 Å². The first kappa shape index (κ1) is 15.1. The van der Waals surface area contributed by atoms with E-state index in [0.717, 1.165) is 4.88 Å². The molecule has 0 saturated carbocycles. The van der Waals surface area contributed by atoms with Crippen LogP contribution in [0.4, 0.5) is 10.5 Å². The number of rotatable bonds is 4. The lowest BCUT2D eigenvalue weighted by atomic mass is 10.1. The lowest BCUT2D eigenvalue weighted by molar-refractivity contribution is 0.0697. The van der Waals surface area contributed by atoms with Crippen molar-refractivity contribution >= 4 is 29.0 Å². The highest BCUT2D eigenvalue weighted by Gasteiger charge is 2.20. The zero-order valence-electron chi connectivity index (χ0n) is 11.8. The van der Waals surface area contributed by atoms with Gasteiger partial charge in [0.1, 0.15) is 0 Å². The summed E-state index contributed by atoms with van der Waals surface area (Å²) in [6.45, 7) is 0.496. The number of hydrogen-bond acceptors (Lipinski definition) is 3. The van der Waals surface area contributed by atoms with Gasteiger partial charge in [-0.15, -0.1) is 11.3 Å². The summed E-state index contributed by atoms with van der Waals surface area (Å²) in [4.78, 5) is 27.6. The molecule has 1 heterocycles. The molecule has 0 unspecified atom stereocenters. The Morgan fingerprint density at radius 2 is 1.86 bits per heavy atom. The molecule has 5 nitrogen and oxygen atoms in total. The van der Waals surface area contributed by atoms with Crippen LogP contribution >= 0.6 is 11.3 Å². The van der Waals surface area contributed by atoms with Gasteiger partial charge in [-0.3, -0.25) is 4.90 Å². The van der Waals surface area contributed by atoms with Crippen LogP contribution in [-0.2, 0) is 6.54 Å². The standard InChI is InChI=1S/C15H16N2O3S/c1-16(10-11-6-5-9-21-11)15(20)17(2)13-8-4-3-7-12(13)14(18)19/h3-9H,10H2,1-2H3,(H,18,19). The average Bonchev–Trinajstić information content (AvgIpc) is 2.98. The predicted molar refractivity (Wildman–Crippen MR) is 83.0 cm³/mol. The van der Waals surface area contributed by atoms with Gasteiger partial charge in [0, 0.05) is 19.0 Å². The Hall–Kier alpha value is -2.34. The molecule has 0 radical (unpaired) electrons. The van der Waals surface area contributed by atoms with Crippen LogP contribution in [0.15, 0.2) is 41.8 Å². The minimum atomic E-state index is -1.05. The van der Waals surface area contributed by atoms with Gasteiger partial charge in [0.15, 0.2) is 0 Å². The molecule has 110 valence electrons. The van der Waals surface area contributed by atoms with Crippen molar-refractivity contribution in [1.82, 2.24) is 4.90 Å². The maximum atomic E-state index is 12.4. The van der Waals surface area contributed by atoms with E-state index in [1.807, 2.05) is 17.5 Å². The monoisotopic (exact) mass is 304 g/mol. The first-order valence-electron chi connectivity index (χ1n) is 6.34. The summed E-state index contributed by atoms with van der Waals surface area (Å²) in [7, 11) is 3.27. The van der Waals surface area contributed by atoms with E-state index in [-0.39, 0.29) is 11.6 Å². The first-order valence-corrected chi connectivity index (χ1v) is 7.22. The molecular formula is C15H16N2O3S. The number of anilines is 1. The molecule has 21 heavy (non-hydrogen) atoms. The van der Waals surface area contributed by atoms with E-state index >= 15 is 0 Å². The lowest BCUT2D eigenvalue weighted by Gasteiger charge is -2.25. The van der Waals surface area contributed by atoms with Crippen molar-refractivity contribution in [2.24, 2.45) is 0 Å². The van der Waals surface area contributed by atoms with Gasteiger partial charge in [0.05, 0.1) is 17.8 Å². The summed E-state index contributed by atoms with van der Waals surface area (Å²) in [5.41, 5.74) is 0.492. The number of carbonyl (C=O) groups is 2. The van der Waals surface area contributed by atoms with Crippen molar-refractivity contribution in [3.63, 3.8) is 0 Å². The number of nitrogens with zero attached hydrogens (tertiary/aromatic N) is 2. The molecule has 0 aliphatic heterocycles. The van der Waals surface area contributed by atoms with Gasteiger partial charge in [0.2, 0.25) is 0 Å². The molecule has 2 aromatic rings. The average molecular weight is 304 g/mol. The minimum Gasteiger partial charge on any atom is -0.478 e. The van der Waals surface area contributed by atoms with E-state index in [1.165, 1.54) is 11.0 Å². The number of urea groups is 1. The number of amides is 2. The molecule has 0 aliphatic carbocycles. The van der Waals surface area contributed by atoms with Crippen molar-refractivity contribution < 1.29 is 14.7 Å². The third-order valence-electron chi connectivity index (χ3n) is 3.08. The van der Waals surface area contributed by atoms with E-state index in [2.05, 4.69) is 0 Å². The number of carboxylic acids is 1. The van der Waals surface area contributed by atoms with Gasteiger partial charge >= 0.3 is 12.0 Å². The number of aromatic carboxylic acids is 1. The maximum absolute atomic E-state index is 12.4. The largest absolute Gasteiger partial charge is 0.478 e. The van der Waals surface area contributed by atoms with Crippen LogP contribution in [0.1, 0.15) is 15.2 Å². The van der Waals surface area contributed by atoms with Gasteiger partial charge in [-0.2, -0.15) is 0 Å². The second-order valence-corrected chi connectivity index (χ2v) is 5.63. The molecule has 2 rings (SSSR count). The molecule has 1 N–H and O–H groups in total. The van der Waals surface area contributed by atoms with Gasteiger partial charge in [-0.25, -0.2) is 9.59 Å². The van der Waals surface area contributed by atoms with E-state index < -0.39 is 5.97 Å². The molecule has 2 amide bonds. The Bertz CT molecular complexity index is 640. The lowest BCUT2D eigenvalue weighted by Crippen LogP contribution is -2.38. The zero-order valence-corrected chi connectivity index (χ0v) is 12.6. The maximum Gasteiger partial charge on any atom is 0.337 e.